The molecule has 0 spiro atoms. The van der Waals surface area contributed by atoms with Crippen molar-refractivity contribution >= 4 is 5.82 Å². The maximum absolute atomic E-state index is 9.06. The van der Waals surface area contributed by atoms with Gasteiger partial charge in [0, 0.05) is 19.3 Å². The smallest absolute Gasteiger partial charge is 0.146 e. The van der Waals surface area contributed by atoms with E-state index in [4.69, 9.17) is 5.26 Å². The predicted octanol–water partition coefficient (Wildman–Crippen LogP) is 2.58. The van der Waals surface area contributed by atoms with Crippen molar-refractivity contribution in [2.45, 2.75) is 26.2 Å². The largest absolute Gasteiger partial charge is 0.355 e. The van der Waals surface area contributed by atoms with Crippen LogP contribution in [0.1, 0.15) is 31.7 Å². The van der Waals surface area contributed by atoms with Crippen LogP contribution in [-0.4, -0.2) is 18.1 Å². The molecular formula is C13H17N3. The van der Waals surface area contributed by atoms with Crippen molar-refractivity contribution in [2.75, 3.05) is 18.0 Å². The fourth-order valence-corrected chi connectivity index (χ4v) is 2.33. The highest BCUT2D eigenvalue weighted by molar-refractivity contribution is 5.53. The third-order valence-corrected chi connectivity index (χ3v) is 3.30. The van der Waals surface area contributed by atoms with Gasteiger partial charge in [-0.25, -0.2) is 4.98 Å². The Bertz CT molecular complexity index is 394. The number of anilines is 1. The van der Waals surface area contributed by atoms with Gasteiger partial charge in [-0.1, -0.05) is 13.3 Å². The predicted molar refractivity (Wildman–Crippen MR) is 64.2 cm³/mol. The fourth-order valence-electron chi connectivity index (χ4n) is 2.33. The molecule has 1 aromatic heterocycles. The number of nitriles is 1. The molecule has 16 heavy (non-hydrogen) atoms. The monoisotopic (exact) mass is 215 g/mol. The van der Waals surface area contributed by atoms with Crippen LogP contribution >= 0.6 is 0 Å². The molecule has 0 saturated carbocycles. The van der Waals surface area contributed by atoms with Crippen molar-refractivity contribution < 1.29 is 0 Å². The van der Waals surface area contributed by atoms with Crippen LogP contribution in [0.25, 0.3) is 0 Å². The van der Waals surface area contributed by atoms with Crippen LogP contribution in [0.5, 0.6) is 0 Å². The van der Waals surface area contributed by atoms with Gasteiger partial charge in [0.05, 0.1) is 5.56 Å². The van der Waals surface area contributed by atoms with E-state index in [0.717, 1.165) is 24.8 Å². The normalized spacial score (nSPS) is 20.5. The van der Waals surface area contributed by atoms with Gasteiger partial charge >= 0.3 is 0 Å². The molecule has 2 heterocycles. The Hall–Kier alpha value is -1.56. The molecule has 2 rings (SSSR count). The summed E-state index contributed by atoms with van der Waals surface area (Å²) in [4.78, 5) is 6.61. The summed E-state index contributed by atoms with van der Waals surface area (Å²) in [6, 6.07) is 5.89. The fraction of sp³-hybridized carbons (Fsp3) is 0.538. The summed E-state index contributed by atoms with van der Waals surface area (Å²) in [7, 11) is 0. The van der Waals surface area contributed by atoms with E-state index in [0.29, 0.717) is 5.56 Å². The van der Waals surface area contributed by atoms with Crippen LogP contribution in [-0.2, 0) is 0 Å². The molecule has 0 radical (unpaired) electrons. The molecule has 84 valence electrons. The lowest BCUT2D eigenvalue weighted by Gasteiger charge is -2.33. The van der Waals surface area contributed by atoms with Crippen molar-refractivity contribution in [3.05, 3.63) is 23.9 Å². The summed E-state index contributed by atoms with van der Waals surface area (Å²) in [5, 5.41) is 9.06. The maximum Gasteiger partial charge on any atom is 0.146 e. The van der Waals surface area contributed by atoms with E-state index < -0.39 is 0 Å². The first-order chi connectivity index (χ1) is 7.85. The van der Waals surface area contributed by atoms with Gasteiger partial charge in [-0.15, -0.1) is 0 Å². The van der Waals surface area contributed by atoms with Gasteiger partial charge in [-0.05, 0) is 30.9 Å². The highest BCUT2D eigenvalue weighted by Crippen LogP contribution is 2.25. The van der Waals surface area contributed by atoms with Gasteiger partial charge < -0.3 is 4.90 Å². The number of piperidine rings is 1. The van der Waals surface area contributed by atoms with E-state index in [9.17, 15) is 0 Å². The Morgan fingerprint density at radius 3 is 3.25 bits per heavy atom. The molecule has 0 aliphatic carbocycles. The minimum atomic E-state index is 0.694. The molecule has 0 bridgehead atoms. The minimum Gasteiger partial charge on any atom is -0.355 e. The summed E-state index contributed by atoms with van der Waals surface area (Å²) in [6.45, 7) is 4.31. The number of hydrogen-bond donors (Lipinski definition) is 0. The lowest BCUT2D eigenvalue weighted by Crippen LogP contribution is -2.36. The van der Waals surface area contributed by atoms with Crippen LogP contribution in [0.4, 0.5) is 5.82 Å². The summed E-state index contributed by atoms with van der Waals surface area (Å²) in [5.41, 5.74) is 0.694. The van der Waals surface area contributed by atoms with E-state index in [1.54, 1.807) is 6.20 Å². The maximum atomic E-state index is 9.06. The van der Waals surface area contributed by atoms with E-state index in [2.05, 4.69) is 22.9 Å². The van der Waals surface area contributed by atoms with Crippen molar-refractivity contribution in [2.24, 2.45) is 5.92 Å². The zero-order valence-electron chi connectivity index (χ0n) is 9.69. The van der Waals surface area contributed by atoms with E-state index in [1.165, 1.54) is 19.3 Å². The Morgan fingerprint density at radius 1 is 1.62 bits per heavy atom. The number of pyridine rings is 1. The highest BCUT2D eigenvalue weighted by atomic mass is 15.2. The molecule has 0 amide bonds. The number of aromatic nitrogens is 1. The molecule has 0 aromatic carbocycles. The molecule has 3 heteroatoms. The number of hydrogen-bond acceptors (Lipinski definition) is 3. The summed E-state index contributed by atoms with van der Waals surface area (Å²) in [5.74, 6) is 1.62. The standard InChI is InChI=1S/C13H17N3/c1-2-11-5-4-8-16(10-11)13-12(9-14)6-3-7-15-13/h3,6-7,11H,2,4-5,8,10H2,1H3. The molecule has 1 fully saturated rings. The molecule has 3 nitrogen and oxygen atoms in total. The Labute approximate surface area is 96.7 Å². The highest BCUT2D eigenvalue weighted by Gasteiger charge is 2.21. The molecule has 0 N–H and O–H groups in total. The second kappa shape index (κ2) is 4.98. The Morgan fingerprint density at radius 2 is 2.50 bits per heavy atom. The first-order valence-corrected chi connectivity index (χ1v) is 5.95. The summed E-state index contributed by atoms with van der Waals surface area (Å²) < 4.78 is 0. The van der Waals surface area contributed by atoms with Gasteiger partial charge in [-0.3, -0.25) is 0 Å². The molecule has 1 aliphatic heterocycles. The SMILES string of the molecule is CCC1CCCN(c2ncccc2C#N)C1. The third kappa shape index (κ3) is 2.16. The van der Waals surface area contributed by atoms with E-state index in [1.807, 2.05) is 12.1 Å². The second-order valence-electron chi connectivity index (χ2n) is 4.35. The van der Waals surface area contributed by atoms with Crippen LogP contribution in [0, 0.1) is 17.2 Å². The Balaban J connectivity index is 2.20. The average Bonchev–Trinajstić information content (AvgIpc) is 2.38. The van der Waals surface area contributed by atoms with Crippen molar-refractivity contribution in [3.8, 4) is 6.07 Å². The molecule has 1 aliphatic rings. The lowest BCUT2D eigenvalue weighted by molar-refractivity contribution is 0.403. The zero-order chi connectivity index (χ0) is 11.4. The molecular weight excluding hydrogens is 198 g/mol. The van der Waals surface area contributed by atoms with Crippen LogP contribution in [0.15, 0.2) is 18.3 Å². The quantitative estimate of drug-likeness (QED) is 0.761. The lowest BCUT2D eigenvalue weighted by atomic mass is 9.95. The van der Waals surface area contributed by atoms with E-state index >= 15 is 0 Å². The van der Waals surface area contributed by atoms with Gasteiger partial charge in [0.2, 0.25) is 0 Å². The molecule has 1 aromatic rings. The summed E-state index contributed by atoms with van der Waals surface area (Å²) >= 11 is 0. The first-order valence-electron chi connectivity index (χ1n) is 5.95. The number of rotatable bonds is 2. The van der Waals surface area contributed by atoms with Gasteiger partial charge in [0.15, 0.2) is 0 Å². The number of nitrogens with zero attached hydrogens (tertiary/aromatic N) is 3. The zero-order valence-corrected chi connectivity index (χ0v) is 9.69. The van der Waals surface area contributed by atoms with Crippen LogP contribution in [0.2, 0.25) is 0 Å². The van der Waals surface area contributed by atoms with Gasteiger partial charge in [0.25, 0.3) is 0 Å². The molecule has 1 unspecified atom stereocenters. The molecule has 1 saturated heterocycles. The molecule has 1 atom stereocenters. The summed E-state index contributed by atoms with van der Waals surface area (Å²) in [6.07, 6.45) is 5.50. The van der Waals surface area contributed by atoms with Crippen LogP contribution in [0.3, 0.4) is 0 Å². The van der Waals surface area contributed by atoms with Gasteiger partial charge in [-0.2, -0.15) is 5.26 Å². The first kappa shape index (κ1) is 10.9. The Kier molecular flexibility index (Phi) is 3.40. The minimum absolute atomic E-state index is 0.694. The average molecular weight is 215 g/mol. The topological polar surface area (TPSA) is 39.9 Å². The third-order valence-electron chi connectivity index (χ3n) is 3.30. The second-order valence-corrected chi connectivity index (χ2v) is 4.35. The van der Waals surface area contributed by atoms with Crippen molar-refractivity contribution in [1.82, 2.24) is 4.98 Å². The van der Waals surface area contributed by atoms with Crippen LogP contribution < -0.4 is 4.90 Å². The van der Waals surface area contributed by atoms with Crippen molar-refractivity contribution in [1.29, 1.82) is 5.26 Å². The van der Waals surface area contributed by atoms with E-state index in [-0.39, 0.29) is 0 Å². The van der Waals surface area contributed by atoms with Crippen molar-refractivity contribution in [3.63, 3.8) is 0 Å². The van der Waals surface area contributed by atoms with Gasteiger partial charge in [0.1, 0.15) is 11.9 Å².